The third-order valence-corrected chi connectivity index (χ3v) is 13.0. The van der Waals surface area contributed by atoms with Gasteiger partial charge in [0.05, 0.1) is 69.8 Å². The van der Waals surface area contributed by atoms with Crippen LogP contribution >= 0.6 is 8.25 Å². The minimum absolute atomic E-state index is 0.0219. The lowest BCUT2D eigenvalue weighted by Gasteiger charge is -2.29. The standard InChI is InChI=1S/C50H58N13O13P/c1-30(2)63-47-34-14-8-9-15-36(34)61(25-32-12-6-7-13-33(32)45(47)58-59-63)43(69)17-16-39(65)51-22-40(66)52-24-42(68)57-35(20-31-10-4-3-5-11-31)49(70)53-23-41(67)56-29-74-19-18-60-27-55-48-46(50(60)71)54-28-62(48)44-21-37(64)38(76-44)26-75-77(72)73/h3-15,27-28,30,35,37-38,44,64,77H,16-26,29H2,1-2H3,(H,51,65)(H,52,66)(H,53,70)(H,56,67)(H,57,68)(H,72,73)/t35-,37?,38+,44?/m0/s1. The number of hydrogen-bond acceptors (Lipinski definition) is 16. The lowest BCUT2D eigenvalue weighted by atomic mass is 9.95. The predicted molar refractivity (Wildman–Crippen MR) is 275 cm³/mol. The molecule has 2 aliphatic heterocycles. The fourth-order valence-corrected chi connectivity index (χ4v) is 9.06. The molecule has 0 saturated carbocycles. The van der Waals surface area contributed by atoms with E-state index < -0.39 is 87.5 Å². The summed E-state index contributed by atoms with van der Waals surface area (Å²) in [5.41, 5.74) is 5.03. The third-order valence-electron chi connectivity index (χ3n) is 12.6. The highest BCUT2D eigenvalue weighted by atomic mass is 31.1. The molecule has 6 aromatic rings. The Balaban J connectivity index is 0.758. The van der Waals surface area contributed by atoms with Crippen LogP contribution in [0.3, 0.4) is 0 Å². The Labute approximate surface area is 440 Å². The first-order valence-corrected chi connectivity index (χ1v) is 25.9. The molecule has 26 nitrogen and oxygen atoms in total. The molecule has 1 fully saturated rings. The molecule has 27 heteroatoms. The minimum Gasteiger partial charge on any atom is -0.390 e. The maximum Gasteiger partial charge on any atom is 0.316 e. The summed E-state index contributed by atoms with van der Waals surface area (Å²) in [4.78, 5) is 111. The normalized spacial score (nSPS) is 16.5. The number of ether oxygens (including phenoxy) is 2. The molecular formula is C50H58N13O13P. The Bertz CT molecular complexity index is 3200. The second kappa shape index (κ2) is 25.7. The van der Waals surface area contributed by atoms with E-state index in [9.17, 15) is 43.2 Å². The molecule has 6 amide bonds. The van der Waals surface area contributed by atoms with Gasteiger partial charge in [0.25, 0.3) is 5.56 Å². The fourth-order valence-electron chi connectivity index (χ4n) is 8.76. The van der Waals surface area contributed by atoms with Crippen molar-refractivity contribution in [1.29, 1.82) is 0 Å². The summed E-state index contributed by atoms with van der Waals surface area (Å²) in [5.74, 6) is -3.59. The molecule has 0 bridgehead atoms. The van der Waals surface area contributed by atoms with Crippen molar-refractivity contribution in [1.82, 2.24) is 60.7 Å². The molecule has 7 N–H and O–H groups in total. The number of aliphatic hydroxyl groups excluding tert-OH is 1. The minimum atomic E-state index is -3.22. The smallest absolute Gasteiger partial charge is 0.316 e. The van der Waals surface area contributed by atoms with Crippen LogP contribution in [-0.2, 0) is 66.8 Å². The molecule has 3 aromatic carbocycles. The topological polar surface area (TPSA) is 334 Å². The van der Waals surface area contributed by atoms with Crippen LogP contribution in [-0.4, -0.2) is 137 Å². The van der Waals surface area contributed by atoms with Gasteiger partial charge in [0.2, 0.25) is 35.4 Å². The van der Waals surface area contributed by atoms with Gasteiger partial charge in [-0.3, -0.25) is 47.3 Å². The van der Waals surface area contributed by atoms with Crippen LogP contribution in [0, 0.1) is 0 Å². The number of nitrogens with zero attached hydrogens (tertiary/aromatic N) is 8. The largest absolute Gasteiger partial charge is 0.390 e. The molecular weight excluding hydrogens is 1020 g/mol. The molecule has 0 radical (unpaired) electrons. The Morgan fingerprint density at radius 3 is 2.31 bits per heavy atom. The number of aromatic nitrogens is 7. The van der Waals surface area contributed by atoms with E-state index in [1.165, 1.54) is 21.8 Å². The highest BCUT2D eigenvalue weighted by molar-refractivity contribution is 7.32. The van der Waals surface area contributed by atoms with Gasteiger partial charge >= 0.3 is 8.25 Å². The van der Waals surface area contributed by atoms with Crippen LogP contribution < -0.4 is 37.0 Å². The number of amides is 6. The monoisotopic (exact) mass is 1080 g/mol. The quantitative estimate of drug-likeness (QED) is 0.0263. The van der Waals surface area contributed by atoms with Gasteiger partial charge in [-0.25, -0.2) is 14.6 Å². The zero-order valence-electron chi connectivity index (χ0n) is 42.0. The van der Waals surface area contributed by atoms with E-state index in [0.717, 1.165) is 22.4 Å². The fraction of sp³-hybridized carbons (Fsp3) is 0.380. The number of anilines is 1. The van der Waals surface area contributed by atoms with E-state index >= 15 is 0 Å². The number of benzene rings is 3. The summed E-state index contributed by atoms with van der Waals surface area (Å²) < 4.78 is 31.4. The van der Waals surface area contributed by atoms with Crippen LogP contribution in [0.1, 0.15) is 56.5 Å². The molecule has 3 aromatic heterocycles. The van der Waals surface area contributed by atoms with Crippen molar-refractivity contribution in [3.63, 3.8) is 0 Å². The second-order valence-electron chi connectivity index (χ2n) is 18.3. The van der Waals surface area contributed by atoms with Crippen LogP contribution in [0.4, 0.5) is 5.69 Å². The summed E-state index contributed by atoms with van der Waals surface area (Å²) in [6.07, 6.45) is -0.214. The molecule has 5 atom stereocenters. The van der Waals surface area contributed by atoms with Crippen molar-refractivity contribution in [3.05, 3.63) is 113 Å². The van der Waals surface area contributed by atoms with Gasteiger partial charge in [0, 0.05) is 42.9 Å². The van der Waals surface area contributed by atoms with E-state index in [1.807, 2.05) is 67.1 Å². The molecule has 8 rings (SSSR count). The number of rotatable bonds is 23. The first-order chi connectivity index (χ1) is 37.1. The average Bonchev–Trinajstić information content (AvgIpc) is 4.18. The van der Waals surface area contributed by atoms with Crippen molar-refractivity contribution in [3.8, 4) is 22.5 Å². The molecule has 5 heterocycles. The van der Waals surface area contributed by atoms with Gasteiger partial charge in [-0.2, -0.15) is 0 Å². The summed E-state index contributed by atoms with van der Waals surface area (Å²) in [6, 6.07) is 22.8. The van der Waals surface area contributed by atoms with Gasteiger partial charge < -0.3 is 55.5 Å². The van der Waals surface area contributed by atoms with E-state index in [1.54, 1.807) is 35.2 Å². The van der Waals surface area contributed by atoms with Crippen molar-refractivity contribution in [2.24, 2.45) is 0 Å². The number of imidazole rings is 1. The maximum absolute atomic E-state index is 14.0. The number of para-hydroxylation sites is 1. The number of fused-ring (bicyclic) bond motifs is 6. The third kappa shape index (κ3) is 13.9. The Morgan fingerprint density at radius 2 is 1.53 bits per heavy atom. The highest BCUT2D eigenvalue weighted by Crippen LogP contribution is 2.42. The van der Waals surface area contributed by atoms with E-state index in [0.29, 0.717) is 16.9 Å². The second-order valence-corrected chi connectivity index (χ2v) is 19.1. The predicted octanol–water partition coefficient (Wildman–Crippen LogP) is 0.640. The van der Waals surface area contributed by atoms with Gasteiger partial charge in [-0.1, -0.05) is 78.0 Å². The van der Waals surface area contributed by atoms with Gasteiger partial charge in [0.1, 0.15) is 37.1 Å². The first-order valence-electron chi connectivity index (χ1n) is 24.7. The first kappa shape index (κ1) is 55.2. The Kier molecular flexibility index (Phi) is 18.4. The van der Waals surface area contributed by atoms with E-state index in [4.69, 9.17) is 18.9 Å². The number of hydrogen-bond donors (Lipinski definition) is 7. The number of carbonyl (C=O) groups is 6. The molecule has 3 unspecified atom stereocenters. The lowest BCUT2D eigenvalue weighted by molar-refractivity contribution is -0.131. The zero-order valence-corrected chi connectivity index (χ0v) is 43.0. The zero-order chi connectivity index (χ0) is 54.6. The van der Waals surface area contributed by atoms with Gasteiger partial charge in [0.15, 0.2) is 11.2 Å². The average molecular weight is 1080 g/mol. The molecule has 0 spiro atoms. The van der Waals surface area contributed by atoms with Crippen LogP contribution in [0.2, 0.25) is 0 Å². The van der Waals surface area contributed by atoms with Crippen molar-refractivity contribution in [2.75, 3.05) is 44.5 Å². The summed E-state index contributed by atoms with van der Waals surface area (Å²) in [7, 11) is -3.22. The molecule has 2 aliphatic rings. The molecule has 1 saturated heterocycles. The van der Waals surface area contributed by atoms with Crippen LogP contribution in [0.15, 0.2) is 96.3 Å². The number of nitrogens with one attached hydrogen (secondary N) is 5. The molecule has 406 valence electrons. The van der Waals surface area contributed by atoms with E-state index in [-0.39, 0.29) is 81.8 Å². The van der Waals surface area contributed by atoms with Crippen molar-refractivity contribution < 1.29 is 57.3 Å². The van der Waals surface area contributed by atoms with Crippen LogP contribution in [0.5, 0.6) is 0 Å². The molecule has 0 aliphatic carbocycles. The number of aliphatic hydroxyl groups is 1. The van der Waals surface area contributed by atoms with Crippen molar-refractivity contribution >= 4 is 60.5 Å². The summed E-state index contributed by atoms with van der Waals surface area (Å²) in [6.45, 7) is 2.16. The Morgan fingerprint density at radius 1 is 0.831 bits per heavy atom. The summed E-state index contributed by atoms with van der Waals surface area (Å²) >= 11 is 0. The summed E-state index contributed by atoms with van der Waals surface area (Å²) in [5, 5.41) is 31.8. The Hall–Kier alpha value is -8.00. The lowest BCUT2D eigenvalue weighted by Crippen LogP contribution is -2.52. The SMILES string of the molecule is CC(C)n1nnc2c1-c1ccccc1N(C(=O)CCC(=O)NCC(=O)NCC(=O)N[C@@H](Cc1ccccc1)C(=O)NCC(=O)NCOCCn1cnc3c(ncn3C3CC(O)[C@@H](CO[PH](=O)O)O3)c1=O)Cc1ccccc1-2. The van der Waals surface area contributed by atoms with E-state index in [2.05, 4.69) is 46.9 Å². The number of carbonyl (C=O) groups excluding carboxylic acids is 6. The highest BCUT2D eigenvalue weighted by Gasteiger charge is 2.37. The van der Waals surface area contributed by atoms with Crippen LogP contribution in [0.25, 0.3) is 33.7 Å². The molecule has 77 heavy (non-hydrogen) atoms. The van der Waals surface area contributed by atoms with Gasteiger partial charge in [-0.05, 0) is 31.0 Å². The van der Waals surface area contributed by atoms with Crippen molar-refractivity contribution in [2.45, 2.75) is 83.1 Å². The maximum atomic E-state index is 14.0. The van der Waals surface area contributed by atoms with Gasteiger partial charge in [-0.15, -0.1) is 5.10 Å².